The van der Waals surface area contributed by atoms with Gasteiger partial charge in [-0.1, -0.05) is 26.0 Å². The van der Waals surface area contributed by atoms with Crippen LogP contribution in [0.2, 0.25) is 0 Å². The Bertz CT molecular complexity index is 622. The molecule has 25 heavy (non-hydrogen) atoms. The van der Waals surface area contributed by atoms with Gasteiger partial charge in [0.2, 0.25) is 0 Å². The molecule has 0 saturated carbocycles. The van der Waals surface area contributed by atoms with Gasteiger partial charge in [0.25, 0.3) is 0 Å². The Labute approximate surface area is 149 Å². The molecule has 0 radical (unpaired) electrons. The molecule has 0 aromatic rings. The molecular formula is C20H28O5. The van der Waals surface area contributed by atoms with Crippen molar-refractivity contribution in [1.82, 2.24) is 0 Å². The molecule has 3 rings (SSSR count). The summed E-state index contributed by atoms with van der Waals surface area (Å²) in [4.78, 5) is 24.4. The largest absolute Gasteiger partial charge is 0.459 e. The van der Waals surface area contributed by atoms with Crippen LogP contribution in [0.4, 0.5) is 0 Å². The minimum atomic E-state index is -0.489. The molecule has 2 heterocycles. The Kier molecular flexibility index (Phi) is 4.80. The van der Waals surface area contributed by atoms with E-state index < -0.39 is 11.7 Å². The molecular weight excluding hydrogens is 320 g/mol. The maximum atomic E-state index is 12.4. The predicted molar refractivity (Wildman–Crippen MR) is 92.7 cm³/mol. The minimum absolute atomic E-state index is 0.0772. The third-order valence-corrected chi connectivity index (χ3v) is 5.96. The van der Waals surface area contributed by atoms with Crippen molar-refractivity contribution in [2.45, 2.75) is 77.3 Å². The fourth-order valence-corrected chi connectivity index (χ4v) is 3.73. The number of carbonyl (C=O) groups excluding carboxylic acids is 2. The van der Waals surface area contributed by atoms with Gasteiger partial charge < -0.3 is 14.2 Å². The number of carbonyl (C=O) groups is 2. The molecule has 0 N–H and O–H groups in total. The van der Waals surface area contributed by atoms with Crippen molar-refractivity contribution in [3.05, 3.63) is 23.8 Å². The van der Waals surface area contributed by atoms with Crippen LogP contribution in [0.15, 0.2) is 23.8 Å². The molecule has 0 aromatic carbocycles. The van der Waals surface area contributed by atoms with Crippen LogP contribution in [0.1, 0.15) is 53.4 Å². The summed E-state index contributed by atoms with van der Waals surface area (Å²) in [6.45, 7) is 11.8. The lowest BCUT2D eigenvalue weighted by molar-refractivity contribution is -0.158. The van der Waals surface area contributed by atoms with Crippen LogP contribution in [-0.2, 0) is 23.8 Å². The summed E-state index contributed by atoms with van der Waals surface area (Å²) < 4.78 is 17.3. The first-order valence-corrected chi connectivity index (χ1v) is 9.21. The van der Waals surface area contributed by atoms with E-state index in [0.717, 1.165) is 19.3 Å². The van der Waals surface area contributed by atoms with Crippen LogP contribution in [0.25, 0.3) is 0 Å². The van der Waals surface area contributed by atoms with Crippen molar-refractivity contribution in [2.75, 3.05) is 0 Å². The first kappa shape index (κ1) is 18.2. The fraction of sp³-hybridized carbons (Fsp3) is 0.700. The van der Waals surface area contributed by atoms with E-state index in [1.54, 1.807) is 0 Å². The van der Waals surface area contributed by atoms with Crippen molar-refractivity contribution >= 4 is 11.9 Å². The number of hydrogen-bond acceptors (Lipinski definition) is 5. The van der Waals surface area contributed by atoms with Gasteiger partial charge in [0.15, 0.2) is 0 Å². The second kappa shape index (κ2) is 6.60. The molecule has 0 aromatic heterocycles. The summed E-state index contributed by atoms with van der Waals surface area (Å²) in [6, 6.07) is 0. The molecule has 2 saturated heterocycles. The van der Waals surface area contributed by atoms with Gasteiger partial charge in [-0.2, -0.15) is 0 Å². The third-order valence-electron chi connectivity index (χ3n) is 5.96. The highest BCUT2D eigenvalue weighted by Crippen LogP contribution is 2.48. The van der Waals surface area contributed by atoms with Crippen molar-refractivity contribution in [3.63, 3.8) is 0 Å². The van der Waals surface area contributed by atoms with Crippen LogP contribution in [0.3, 0.4) is 0 Å². The standard InChI is InChI=1S/C20H28O5/c1-6-12(3)18(21)24-17-10-14-13(4)19(22)23-15(14)9-11(2)7-8-16-20(17,5)25-16/h9,12,14-17H,4,6-8,10H2,1-3,5H3/b11-9+/t12-,14+,15-,16+,17+,20+/m1/s1. The van der Waals surface area contributed by atoms with E-state index in [2.05, 4.69) is 6.58 Å². The average molecular weight is 348 g/mol. The Hall–Kier alpha value is -1.62. The van der Waals surface area contributed by atoms with Crippen LogP contribution < -0.4 is 0 Å². The second-order valence-electron chi connectivity index (χ2n) is 7.81. The van der Waals surface area contributed by atoms with Gasteiger partial charge in [-0.15, -0.1) is 0 Å². The molecule has 0 spiro atoms. The fourth-order valence-electron chi connectivity index (χ4n) is 3.73. The normalized spacial score (nSPS) is 40.9. The zero-order valence-electron chi connectivity index (χ0n) is 15.5. The van der Waals surface area contributed by atoms with Crippen molar-refractivity contribution in [2.24, 2.45) is 11.8 Å². The third kappa shape index (κ3) is 3.39. The number of epoxide rings is 1. The van der Waals surface area contributed by atoms with E-state index in [1.807, 2.05) is 33.8 Å². The summed E-state index contributed by atoms with van der Waals surface area (Å²) >= 11 is 0. The number of fused-ring (bicyclic) bond motifs is 2. The SMILES string of the molecule is C=C1C(=O)O[C@@H]2/C=C(\C)CC[C@@H]3O[C@]3(C)[C@@H](OC(=O)[C@H](C)CC)C[C@@H]12. The number of esters is 2. The van der Waals surface area contributed by atoms with Gasteiger partial charge in [-0.25, -0.2) is 4.79 Å². The van der Waals surface area contributed by atoms with Gasteiger partial charge in [0, 0.05) is 11.5 Å². The van der Waals surface area contributed by atoms with E-state index >= 15 is 0 Å². The highest BCUT2D eigenvalue weighted by Gasteiger charge is 2.60. The summed E-state index contributed by atoms with van der Waals surface area (Å²) in [6.07, 6.45) is 4.34. The number of rotatable bonds is 3. The van der Waals surface area contributed by atoms with E-state index in [0.29, 0.717) is 12.0 Å². The smallest absolute Gasteiger partial charge is 0.334 e. The molecule has 3 aliphatic rings. The Morgan fingerprint density at radius 1 is 1.52 bits per heavy atom. The number of allylic oxidation sites excluding steroid dienone is 1. The first-order chi connectivity index (χ1) is 11.8. The zero-order chi connectivity index (χ0) is 18.4. The molecule has 1 aliphatic carbocycles. The van der Waals surface area contributed by atoms with E-state index in [1.165, 1.54) is 5.57 Å². The van der Waals surface area contributed by atoms with Gasteiger partial charge >= 0.3 is 11.9 Å². The van der Waals surface area contributed by atoms with Crippen LogP contribution in [0, 0.1) is 11.8 Å². The zero-order valence-corrected chi connectivity index (χ0v) is 15.5. The number of ether oxygens (including phenoxy) is 3. The Morgan fingerprint density at radius 2 is 2.24 bits per heavy atom. The van der Waals surface area contributed by atoms with Crippen molar-refractivity contribution in [1.29, 1.82) is 0 Å². The van der Waals surface area contributed by atoms with E-state index in [-0.39, 0.29) is 36.0 Å². The molecule has 0 bridgehead atoms. The summed E-state index contributed by atoms with van der Waals surface area (Å²) in [5.41, 5.74) is 1.16. The molecule has 5 heteroatoms. The van der Waals surface area contributed by atoms with E-state index in [9.17, 15) is 9.59 Å². The maximum Gasteiger partial charge on any atom is 0.334 e. The molecule has 0 unspecified atom stereocenters. The minimum Gasteiger partial charge on any atom is -0.459 e. The quantitative estimate of drug-likeness (QED) is 0.339. The lowest BCUT2D eigenvalue weighted by Crippen LogP contribution is -2.38. The average Bonchev–Trinajstić information content (AvgIpc) is 3.17. The van der Waals surface area contributed by atoms with Crippen LogP contribution in [-0.4, -0.2) is 35.9 Å². The number of hydrogen-bond donors (Lipinski definition) is 0. The van der Waals surface area contributed by atoms with Crippen molar-refractivity contribution in [3.8, 4) is 0 Å². The van der Waals surface area contributed by atoms with Gasteiger partial charge in [0.1, 0.15) is 17.8 Å². The molecule has 6 atom stereocenters. The molecule has 138 valence electrons. The highest BCUT2D eigenvalue weighted by atomic mass is 16.6. The molecule has 5 nitrogen and oxygen atoms in total. The topological polar surface area (TPSA) is 65.1 Å². The molecule has 0 amide bonds. The first-order valence-electron chi connectivity index (χ1n) is 9.21. The predicted octanol–water partition coefficient (Wildman–Crippen LogP) is 3.33. The van der Waals surface area contributed by atoms with Gasteiger partial charge in [-0.05, 0) is 45.6 Å². The van der Waals surface area contributed by atoms with E-state index in [4.69, 9.17) is 14.2 Å². The van der Waals surface area contributed by atoms with Crippen LogP contribution >= 0.6 is 0 Å². The van der Waals surface area contributed by atoms with Gasteiger partial charge in [0.05, 0.1) is 12.0 Å². The Balaban J connectivity index is 1.87. The van der Waals surface area contributed by atoms with Crippen LogP contribution in [0.5, 0.6) is 0 Å². The lowest BCUT2D eigenvalue weighted by atomic mass is 9.83. The van der Waals surface area contributed by atoms with Crippen molar-refractivity contribution < 1.29 is 23.8 Å². The summed E-state index contributed by atoms with van der Waals surface area (Å²) in [7, 11) is 0. The summed E-state index contributed by atoms with van der Waals surface area (Å²) in [5.74, 6) is -0.904. The lowest BCUT2D eigenvalue weighted by Gasteiger charge is -2.28. The maximum absolute atomic E-state index is 12.4. The highest BCUT2D eigenvalue weighted by molar-refractivity contribution is 5.91. The second-order valence-corrected chi connectivity index (χ2v) is 7.81. The summed E-state index contributed by atoms with van der Waals surface area (Å²) in [5, 5.41) is 0. The Morgan fingerprint density at radius 3 is 2.92 bits per heavy atom. The molecule has 2 aliphatic heterocycles. The molecule has 2 fully saturated rings. The van der Waals surface area contributed by atoms with Gasteiger partial charge in [-0.3, -0.25) is 4.79 Å². The monoisotopic (exact) mass is 348 g/mol.